The Labute approximate surface area is 835 Å². The van der Waals surface area contributed by atoms with Crippen molar-refractivity contribution in [1.29, 1.82) is 0 Å². The molecule has 0 radical (unpaired) electrons. The van der Waals surface area contributed by atoms with Crippen molar-refractivity contribution >= 4 is 186 Å². The largest absolute Gasteiger partial charge is 0.455 e. The van der Waals surface area contributed by atoms with Crippen LogP contribution in [0.4, 0.5) is 34.1 Å². The van der Waals surface area contributed by atoms with Gasteiger partial charge in [-0.3, -0.25) is 0 Å². The highest BCUT2D eigenvalue weighted by Crippen LogP contribution is 2.56. The SMILES string of the molecule is c1ccc(-c2oc3c4ccccc4c4ccccc4c3c2-c2ccc(-n3c4ccccc4c4ccccc43)cc2)cc1.c1ccc(-c2oc3c4ccccc4c4ccccc4c3c2-c2ccc(N(c3ccc(-c4cccc5ccccc45)cc3)c3cc4ccccc4c4ccccc34)cc2)cc1.c1ccc(-c2oc3c4ccccc4c4ccccc4c3c2-c2ccc(N3c4ccccc4Oc4ccccc43)cc2)cc1. The van der Waals surface area contributed by atoms with Gasteiger partial charge in [0.05, 0.1) is 28.1 Å². The van der Waals surface area contributed by atoms with E-state index in [9.17, 15) is 0 Å². The molecule has 0 spiro atoms. The van der Waals surface area contributed by atoms with E-state index in [0.717, 1.165) is 168 Å². The molecule has 0 bridgehead atoms. The number of para-hydroxylation sites is 6. The Morgan fingerprint density at radius 1 is 0.186 bits per heavy atom. The highest BCUT2D eigenvalue weighted by molar-refractivity contribution is 6.32. The lowest BCUT2D eigenvalue weighted by Crippen LogP contribution is -2.15. The fraction of sp³-hybridized carbons (Fsp3) is 0. The standard InChI is InChI=1S/C58H37NO.C40H25NO2.C40H25NO/c1-2-16-41(17-3-1)57-55(56-52-26-12-9-23-49(52)50-24-10-13-27-53(50)58(56)60-57)40-31-35-44(36-32-40)59(54-37-42-18-5-7-21-47(42)48-22-8-11-25-51(48)54)43-33-29-39(30-34-43)46-28-14-19-38-15-4-6-20-45(38)46;1-2-12-27(13-3-1)39-37(38-31-16-6-4-14-29(31)30-15-5-7-17-32(30)40(38)43-39)26-22-24-28(25-23-26)41-33-18-8-10-20-35(33)42-36-21-11-9-19-34(36)41;1-2-12-27(13-3-1)39-37(38-33-18-6-4-14-29(33)30-15-5-7-19-34(30)40(38)42-39)26-22-24-28(25-23-26)41-35-20-10-8-16-31(35)32-17-9-11-21-36(32)41/h1-37H;1-25H;1-25H. The monoisotopic (exact) mass is 1850 g/mol. The van der Waals surface area contributed by atoms with Crippen LogP contribution in [0.2, 0.25) is 0 Å². The van der Waals surface area contributed by atoms with Crippen LogP contribution in [0.3, 0.4) is 0 Å². The van der Waals surface area contributed by atoms with Crippen molar-refractivity contribution in [2.45, 2.75) is 0 Å². The molecule has 7 nitrogen and oxygen atoms in total. The Bertz CT molecular complexity index is 10100. The smallest absolute Gasteiger partial charge is 0.151 e. The molecule has 29 aromatic rings. The topological polar surface area (TPSA) is 60.1 Å². The molecule has 7 heteroatoms. The molecule has 0 atom stereocenters. The minimum absolute atomic E-state index is 0.843. The van der Waals surface area contributed by atoms with Gasteiger partial charge in [0, 0.05) is 105 Å². The number of nitrogens with zero attached hydrogens (tertiary/aromatic N) is 3. The summed E-state index contributed by atoms with van der Waals surface area (Å²) in [4.78, 5) is 4.69. The average molecular weight is 1850 g/mol. The Kier molecular flexibility index (Phi) is 20.2. The lowest BCUT2D eigenvalue weighted by Gasteiger charge is -2.32. The first-order valence-electron chi connectivity index (χ1n) is 49.5. The maximum atomic E-state index is 7.03. The third-order valence-corrected chi connectivity index (χ3v) is 29.3. The van der Waals surface area contributed by atoms with Crippen LogP contribution in [0.15, 0.2) is 541 Å². The summed E-state index contributed by atoms with van der Waals surface area (Å²) in [6.45, 7) is 0. The van der Waals surface area contributed by atoms with Gasteiger partial charge in [0.1, 0.15) is 34.0 Å². The number of hydrogen-bond acceptors (Lipinski definition) is 6. The molecule has 4 aromatic heterocycles. The molecule has 0 saturated carbocycles. The summed E-state index contributed by atoms with van der Waals surface area (Å²) in [5.74, 6) is 4.34. The number of anilines is 6. The first-order chi connectivity index (χ1) is 72.0. The molecule has 30 rings (SSSR count). The molecule has 1 aliphatic rings. The summed E-state index contributed by atoms with van der Waals surface area (Å²) in [6, 6.07) is 188. The lowest BCUT2D eigenvalue weighted by atomic mass is 9.92. The first-order valence-corrected chi connectivity index (χ1v) is 49.5. The predicted octanol–water partition coefficient (Wildman–Crippen LogP) is 39.5. The van der Waals surface area contributed by atoms with E-state index < -0.39 is 0 Å². The van der Waals surface area contributed by atoms with Gasteiger partial charge < -0.3 is 32.4 Å². The van der Waals surface area contributed by atoms with Gasteiger partial charge >= 0.3 is 0 Å². The fourth-order valence-electron chi connectivity index (χ4n) is 22.8. The number of fused-ring (bicyclic) bond motifs is 27. The van der Waals surface area contributed by atoms with Crippen LogP contribution in [-0.4, -0.2) is 4.57 Å². The molecule has 5 heterocycles. The predicted molar refractivity (Wildman–Crippen MR) is 608 cm³/mol. The molecular formula is C138H87N3O4. The van der Waals surface area contributed by atoms with E-state index in [1.54, 1.807) is 0 Å². The molecule has 1 aliphatic heterocycles. The number of furan rings is 3. The van der Waals surface area contributed by atoms with Crippen LogP contribution < -0.4 is 14.5 Å². The summed E-state index contributed by atoms with van der Waals surface area (Å²) in [7, 11) is 0. The summed E-state index contributed by atoms with van der Waals surface area (Å²) >= 11 is 0. The summed E-state index contributed by atoms with van der Waals surface area (Å²) in [6.07, 6.45) is 0. The van der Waals surface area contributed by atoms with Crippen LogP contribution in [0.1, 0.15) is 0 Å². The molecule has 0 fully saturated rings. The fourth-order valence-corrected chi connectivity index (χ4v) is 22.8. The van der Waals surface area contributed by atoms with Crippen LogP contribution >= 0.6 is 0 Å². The van der Waals surface area contributed by atoms with E-state index in [-0.39, 0.29) is 0 Å². The Hall–Kier alpha value is -19.3. The minimum Gasteiger partial charge on any atom is -0.455 e. The maximum Gasteiger partial charge on any atom is 0.151 e. The Balaban J connectivity index is 0.000000108. The Morgan fingerprint density at radius 2 is 0.483 bits per heavy atom. The second-order valence-corrected chi connectivity index (χ2v) is 37.4. The highest BCUT2D eigenvalue weighted by atomic mass is 16.5. The van der Waals surface area contributed by atoms with E-state index in [1.807, 2.05) is 30.3 Å². The molecular weight excluding hydrogens is 1760 g/mol. The van der Waals surface area contributed by atoms with Crippen molar-refractivity contribution in [3.63, 3.8) is 0 Å². The van der Waals surface area contributed by atoms with Crippen LogP contribution in [-0.2, 0) is 0 Å². The first kappa shape index (κ1) is 83.8. The van der Waals surface area contributed by atoms with Crippen molar-refractivity contribution in [3.05, 3.63) is 528 Å². The zero-order valence-electron chi connectivity index (χ0n) is 78.7. The lowest BCUT2D eigenvalue weighted by molar-refractivity contribution is 0.477. The van der Waals surface area contributed by atoms with Gasteiger partial charge in [-0.25, -0.2) is 0 Å². The molecule has 0 aliphatic carbocycles. The molecule has 678 valence electrons. The third-order valence-electron chi connectivity index (χ3n) is 29.3. The zero-order valence-corrected chi connectivity index (χ0v) is 78.7. The van der Waals surface area contributed by atoms with E-state index >= 15 is 0 Å². The van der Waals surface area contributed by atoms with Gasteiger partial charge in [-0.2, -0.15) is 0 Å². The van der Waals surface area contributed by atoms with Crippen molar-refractivity contribution < 1.29 is 18.0 Å². The summed E-state index contributed by atoms with van der Waals surface area (Å²) in [5, 5.41) is 27.6. The van der Waals surface area contributed by atoms with Crippen molar-refractivity contribution in [1.82, 2.24) is 4.57 Å². The number of aromatic nitrogens is 1. The van der Waals surface area contributed by atoms with Crippen LogP contribution in [0.25, 0.3) is 236 Å². The van der Waals surface area contributed by atoms with Crippen molar-refractivity contribution in [2.24, 2.45) is 0 Å². The third kappa shape index (κ3) is 14.0. The van der Waals surface area contributed by atoms with Gasteiger partial charge in [-0.15, -0.1) is 0 Å². The number of ether oxygens (including phenoxy) is 1. The molecule has 0 unspecified atom stereocenters. The van der Waals surface area contributed by atoms with Crippen LogP contribution in [0.5, 0.6) is 11.5 Å². The quantitative estimate of drug-likeness (QED) is 0.114. The van der Waals surface area contributed by atoms with Crippen molar-refractivity contribution in [3.8, 4) is 95.7 Å². The molecule has 0 saturated heterocycles. The zero-order chi connectivity index (χ0) is 95.5. The summed E-state index contributed by atoms with van der Waals surface area (Å²) < 4.78 is 29.4. The summed E-state index contributed by atoms with van der Waals surface area (Å²) in [5.41, 5.74) is 25.0. The minimum atomic E-state index is 0.843. The van der Waals surface area contributed by atoms with Crippen LogP contribution in [0, 0.1) is 0 Å². The van der Waals surface area contributed by atoms with Gasteiger partial charge in [-0.1, -0.05) is 437 Å². The van der Waals surface area contributed by atoms with E-state index in [0.29, 0.717) is 0 Å². The van der Waals surface area contributed by atoms with Gasteiger partial charge in [0.2, 0.25) is 0 Å². The molecule has 0 amide bonds. The molecule has 25 aromatic carbocycles. The Morgan fingerprint density at radius 3 is 0.903 bits per heavy atom. The molecule has 145 heavy (non-hydrogen) atoms. The van der Waals surface area contributed by atoms with E-state index in [2.05, 4.69) is 512 Å². The average Bonchev–Trinajstić information content (AvgIpc) is 1.59. The number of benzene rings is 25. The maximum absolute atomic E-state index is 7.03. The highest BCUT2D eigenvalue weighted by Gasteiger charge is 2.31. The molecule has 0 N–H and O–H groups in total. The number of hydrogen-bond donors (Lipinski definition) is 0. The second kappa shape index (κ2) is 34.9. The van der Waals surface area contributed by atoms with Crippen molar-refractivity contribution in [2.75, 3.05) is 9.80 Å². The second-order valence-electron chi connectivity index (χ2n) is 37.4. The number of rotatable bonds is 12. The van der Waals surface area contributed by atoms with Gasteiger partial charge in [0.15, 0.2) is 11.5 Å². The van der Waals surface area contributed by atoms with E-state index in [4.69, 9.17) is 18.0 Å². The normalized spacial score (nSPS) is 11.9. The van der Waals surface area contributed by atoms with E-state index in [1.165, 1.54) is 114 Å². The van der Waals surface area contributed by atoms with Gasteiger partial charge in [-0.05, 0) is 194 Å². The van der Waals surface area contributed by atoms with Gasteiger partial charge in [0.25, 0.3) is 0 Å².